The Morgan fingerprint density at radius 1 is 1.15 bits per heavy atom. The summed E-state index contributed by atoms with van der Waals surface area (Å²) >= 11 is 2.05. The summed E-state index contributed by atoms with van der Waals surface area (Å²) < 4.78 is 16.3. The third-order valence-corrected chi connectivity index (χ3v) is 6.78. The van der Waals surface area contributed by atoms with Gasteiger partial charge >= 0.3 is 5.97 Å². The third-order valence-electron chi connectivity index (χ3n) is 5.02. The number of hydrogen-bond acceptors (Lipinski definition) is 9. The zero-order valence-corrected chi connectivity index (χ0v) is 20.0. The van der Waals surface area contributed by atoms with E-state index < -0.39 is 17.1 Å². The number of thioether (sulfide) groups is 1. The van der Waals surface area contributed by atoms with Crippen LogP contribution in [0.2, 0.25) is 0 Å². The number of nitrogens with zero attached hydrogens (tertiary/aromatic N) is 2. The smallest absolute Gasteiger partial charge is 0.353 e. The second-order valence-electron chi connectivity index (χ2n) is 7.27. The molecule has 0 saturated carbocycles. The molecule has 2 aliphatic heterocycles. The Balaban J connectivity index is 1.48. The number of benzene rings is 1. The van der Waals surface area contributed by atoms with E-state index >= 15 is 0 Å². The number of ether oxygens (including phenoxy) is 3. The average molecular weight is 503 g/mol. The van der Waals surface area contributed by atoms with Crippen LogP contribution in [-0.4, -0.2) is 72.3 Å². The summed E-state index contributed by atoms with van der Waals surface area (Å²) in [5, 5.41) is 1.29. The lowest BCUT2D eigenvalue weighted by molar-refractivity contribution is -0.139. The first-order chi connectivity index (χ1) is 16.5. The largest absolute Gasteiger partial charge is 0.490 e. The molecule has 11 heteroatoms. The van der Waals surface area contributed by atoms with E-state index in [2.05, 4.69) is 0 Å². The van der Waals surface area contributed by atoms with Crippen molar-refractivity contribution in [3.8, 4) is 11.5 Å². The molecule has 1 aromatic carbocycles. The van der Waals surface area contributed by atoms with Crippen molar-refractivity contribution in [2.24, 2.45) is 0 Å². The number of esters is 1. The molecule has 0 aliphatic carbocycles. The van der Waals surface area contributed by atoms with E-state index in [9.17, 15) is 19.2 Å². The first-order valence-corrected chi connectivity index (χ1v) is 12.3. The standard InChI is InChI=1S/C23H22N2O7S2/c1-2-31-17-12-15(5-6-16(17)32-22(28)18-4-3-11-33-18)13-19-21(27)25(23(29)34-19)14-20(26)24-7-9-30-10-8-24/h3-6,11-13H,2,7-10,14H2,1H3/b19-13-. The molecule has 2 aliphatic rings. The summed E-state index contributed by atoms with van der Waals surface area (Å²) in [5.41, 5.74) is 0.587. The highest BCUT2D eigenvalue weighted by molar-refractivity contribution is 8.18. The van der Waals surface area contributed by atoms with E-state index in [4.69, 9.17) is 14.2 Å². The number of thiophene rings is 1. The monoisotopic (exact) mass is 502 g/mol. The maximum Gasteiger partial charge on any atom is 0.353 e. The van der Waals surface area contributed by atoms with Crippen molar-refractivity contribution < 1.29 is 33.4 Å². The minimum atomic E-state index is -0.525. The molecule has 34 heavy (non-hydrogen) atoms. The van der Waals surface area contributed by atoms with Crippen LogP contribution in [-0.2, 0) is 14.3 Å². The van der Waals surface area contributed by atoms with E-state index in [1.165, 1.54) is 11.3 Å². The number of hydrogen-bond donors (Lipinski definition) is 0. The molecule has 0 unspecified atom stereocenters. The Kier molecular flexibility index (Phi) is 7.66. The van der Waals surface area contributed by atoms with Gasteiger partial charge in [0.1, 0.15) is 11.4 Å². The van der Waals surface area contributed by atoms with Crippen LogP contribution < -0.4 is 9.47 Å². The van der Waals surface area contributed by atoms with Crippen molar-refractivity contribution in [1.29, 1.82) is 0 Å². The molecule has 0 atom stereocenters. The Labute approximate surface area is 204 Å². The van der Waals surface area contributed by atoms with Gasteiger partial charge in [-0.25, -0.2) is 4.79 Å². The number of rotatable bonds is 7. The summed E-state index contributed by atoms with van der Waals surface area (Å²) in [6.07, 6.45) is 1.55. The topological polar surface area (TPSA) is 102 Å². The maximum absolute atomic E-state index is 12.8. The van der Waals surface area contributed by atoms with Crippen LogP contribution in [0.3, 0.4) is 0 Å². The zero-order chi connectivity index (χ0) is 24.1. The van der Waals surface area contributed by atoms with Gasteiger partial charge in [0.05, 0.1) is 24.7 Å². The second-order valence-corrected chi connectivity index (χ2v) is 9.21. The van der Waals surface area contributed by atoms with Crippen LogP contribution in [0.1, 0.15) is 22.2 Å². The van der Waals surface area contributed by atoms with Gasteiger partial charge in [-0.2, -0.15) is 0 Å². The van der Waals surface area contributed by atoms with Gasteiger partial charge < -0.3 is 19.1 Å². The van der Waals surface area contributed by atoms with E-state index in [1.807, 2.05) is 0 Å². The zero-order valence-electron chi connectivity index (χ0n) is 18.4. The van der Waals surface area contributed by atoms with Crippen LogP contribution in [0.4, 0.5) is 4.79 Å². The first kappa shape index (κ1) is 24.0. The molecule has 3 heterocycles. The summed E-state index contributed by atoms with van der Waals surface area (Å²) in [6, 6.07) is 8.30. The molecular weight excluding hydrogens is 480 g/mol. The Morgan fingerprint density at radius 2 is 1.94 bits per heavy atom. The summed E-state index contributed by atoms with van der Waals surface area (Å²) in [7, 11) is 0. The van der Waals surface area contributed by atoms with Gasteiger partial charge in [0, 0.05) is 13.1 Å². The highest BCUT2D eigenvalue weighted by Crippen LogP contribution is 2.35. The van der Waals surface area contributed by atoms with Crippen molar-refractivity contribution in [2.75, 3.05) is 39.5 Å². The van der Waals surface area contributed by atoms with Crippen LogP contribution in [0.15, 0.2) is 40.6 Å². The van der Waals surface area contributed by atoms with Crippen molar-refractivity contribution >= 4 is 52.2 Å². The van der Waals surface area contributed by atoms with Crippen molar-refractivity contribution in [2.45, 2.75) is 6.92 Å². The number of imide groups is 1. The normalized spacial score (nSPS) is 17.4. The first-order valence-electron chi connectivity index (χ1n) is 10.6. The Morgan fingerprint density at radius 3 is 2.65 bits per heavy atom. The minimum absolute atomic E-state index is 0.200. The average Bonchev–Trinajstić information content (AvgIpc) is 3.46. The molecule has 4 rings (SSSR count). The molecular formula is C23H22N2O7S2. The fourth-order valence-electron chi connectivity index (χ4n) is 3.35. The van der Waals surface area contributed by atoms with Crippen molar-refractivity contribution in [3.05, 3.63) is 51.1 Å². The van der Waals surface area contributed by atoms with E-state index in [-0.39, 0.29) is 23.1 Å². The molecule has 0 radical (unpaired) electrons. The fraction of sp³-hybridized carbons (Fsp3) is 0.304. The molecule has 178 valence electrons. The van der Waals surface area contributed by atoms with Gasteiger partial charge in [0.2, 0.25) is 5.91 Å². The Bertz CT molecular complexity index is 1120. The SMILES string of the molecule is CCOc1cc(/C=C2\SC(=O)N(CC(=O)N3CCOCC3)C2=O)ccc1OC(=O)c1cccs1. The number of carbonyl (C=O) groups excluding carboxylic acids is 4. The minimum Gasteiger partial charge on any atom is -0.490 e. The van der Waals surface area contributed by atoms with E-state index in [0.717, 1.165) is 16.7 Å². The molecule has 2 aromatic rings. The number of carbonyl (C=O) groups is 4. The molecule has 0 bridgehead atoms. The van der Waals surface area contributed by atoms with Crippen molar-refractivity contribution in [3.63, 3.8) is 0 Å². The molecule has 1 aromatic heterocycles. The van der Waals surface area contributed by atoms with Gasteiger partial charge in [0.25, 0.3) is 11.1 Å². The van der Waals surface area contributed by atoms with Crippen LogP contribution in [0, 0.1) is 0 Å². The number of morpholine rings is 1. The van der Waals surface area contributed by atoms with Crippen LogP contribution in [0.25, 0.3) is 6.08 Å². The molecule has 0 spiro atoms. The van der Waals surface area contributed by atoms with Gasteiger partial charge in [-0.05, 0) is 53.9 Å². The number of amides is 3. The quantitative estimate of drug-likeness (QED) is 0.323. The van der Waals surface area contributed by atoms with Gasteiger partial charge in [-0.15, -0.1) is 11.3 Å². The summed E-state index contributed by atoms with van der Waals surface area (Å²) in [6.45, 7) is 3.59. The van der Waals surface area contributed by atoms with E-state index in [1.54, 1.807) is 53.6 Å². The molecule has 2 fully saturated rings. The lowest BCUT2D eigenvalue weighted by Crippen LogP contribution is -2.46. The molecule has 9 nitrogen and oxygen atoms in total. The maximum atomic E-state index is 12.8. The van der Waals surface area contributed by atoms with Crippen LogP contribution >= 0.6 is 23.1 Å². The summed E-state index contributed by atoms with van der Waals surface area (Å²) in [4.78, 5) is 53.2. The Hall–Kier alpha value is -3.15. The van der Waals surface area contributed by atoms with Gasteiger partial charge in [0.15, 0.2) is 11.5 Å². The highest BCUT2D eigenvalue weighted by Gasteiger charge is 2.37. The van der Waals surface area contributed by atoms with Crippen LogP contribution in [0.5, 0.6) is 11.5 Å². The fourth-order valence-corrected chi connectivity index (χ4v) is 4.78. The van der Waals surface area contributed by atoms with Gasteiger partial charge in [-0.3, -0.25) is 19.3 Å². The lowest BCUT2D eigenvalue weighted by atomic mass is 10.2. The lowest BCUT2D eigenvalue weighted by Gasteiger charge is -2.28. The van der Waals surface area contributed by atoms with E-state index in [0.29, 0.717) is 49.1 Å². The molecule has 2 saturated heterocycles. The highest BCUT2D eigenvalue weighted by atomic mass is 32.2. The second kappa shape index (κ2) is 10.9. The molecule has 0 N–H and O–H groups in total. The predicted molar refractivity (Wildman–Crippen MR) is 127 cm³/mol. The van der Waals surface area contributed by atoms with Crippen molar-refractivity contribution in [1.82, 2.24) is 9.80 Å². The predicted octanol–water partition coefficient (Wildman–Crippen LogP) is 3.26. The summed E-state index contributed by atoms with van der Waals surface area (Å²) in [5.74, 6) is -0.718. The van der Waals surface area contributed by atoms with Gasteiger partial charge in [-0.1, -0.05) is 12.1 Å². The molecule has 3 amide bonds. The third kappa shape index (κ3) is 5.49.